The third-order valence-electron chi connectivity index (χ3n) is 5.78. The molecule has 2 aliphatic rings. The molecule has 154 valence electrons. The fourth-order valence-electron chi connectivity index (χ4n) is 4.28. The van der Waals surface area contributed by atoms with Crippen molar-refractivity contribution in [2.24, 2.45) is 0 Å². The van der Waals surface area contributed by atoms with Crippen molar-refractivity contribution in [2.45, 2.75) is 43.5 Å². The normalized spacial score (nSPS) is 19.8. The first-order chi connectivity index (χ1) is 13.9. The molecule has 0 radical (unpaired) electrons. The zero-order chi connectivity index (χ0) is 20.6. The number of piperidine rings is 1. The van der Waals surface area contributed by atoms with E-state index >= 15 is 0 Å². The van der Waals surface area contributed by atoms with Gasteiger partial charge in [0.1, 0.15) is 5.75 Å². The Labute approximate surface area is 172 Å². The van der Waals surface area contributed by atoms with Crippen LogP contribution in [0.2, 0.25) is 0 Å². The van der Waals surface area contributed by atoms with Gasteiger partial charge in [-0.25, -0.2) is 8.42 Å². The van der Waals surface area contributed by atoms with Gasteiger partial charge in [-0.2, -0.15) is 4.31 Å². The third kappa shape index (κ3) is 3.53. The Morgan fingerprint density at radius 1 is 1.07 bits per heavy atom. The van der Waals surface area contributed by atoms with Crippen LogP contribution in [-0.2, 0) is 16.4 Å². The van der Waals surface area contributed by atoms with E-state index in [4.69, 9.17) is 4.74 Å². The Morgan fingerprint density at radius 2 is 1.79 bits per heavy atom. The second-order valence-electron chi connectivity index (χ2n) is 7.68. The number of nitrogens with zero attached hydrogens (tertiary/aromatic N) is 2. The number of hydrogen-bond donors (Lipinski definition) is 0. The monoisotopic (exact) mass is 414 g/mol. The first-order valence-corrected chi connectivity index (χ1v) is 11.5. The predicted molar refractivity (Wildman–Crippen MR) is 112 cm³/mol. The lowest BCUT2D eigenvalue weighted by atomic mass is 10.1. The van der Waals surface area contributed by atoms with Gasteiger partial charge < -0.3 is 9.64 Å². The summed E-state index contributed by atoms with van der Waals surface area (Å²) in [6.07, 6.45) is 3.51. The molecule has 0 N–H and O–H groups in total. The van der Waals surface area contributed by atoms with Crippen molar-refractivity contribution < 1.29 is 17.9 Å². The number of para-hydroxylation sites is 1. The maximum absolute atomic E-state index is 13.2. The summed E-state index contributed by atoms with van der Waals surface area (Å²) in [7, 11) is -1.94. The first kappa shape index (κ1) is 19.9. The molecule has 0 spiro atoms. The molecule has 0 aliphatic carbocycles. The molecule has 2 heterocycles. The van der Waals surface area contributed by atoms with Gasteiger partial charge >= 0.3 is 0 Å². The summed E-state index contributed by atoms with van der Waals surface area (Å²) in [5, 5.41) is 0. The Hall–Kier alpha value is -2.38. The maximum Gasteiger partial charge on any atom is 0.262 e. The van der Waals surface area contributed by atoms with Gasteiger partial charge in [-0.3, -0.25) is 4.79 Å². The van der Waals surface area contributed by atoms with Crippen LogP contribution in [0.5, 0.6) is 5.75 Å². The third-order valence-corrected chi connectivity index (χ3v) is 7.67. The highest BCUT2D eigenvalue weighted by atomic mass is 32.2. The van der Waals surface area contributed by atoms with E-state index in [1.807, 2.05) is 19.1 Å². The quantitative estimate of drug-likeness (QED) is 0.768. The zero-order valence-electron chi connectivity index (χ0n) is 16.8. The first-order valence-electron chi connectivity index (χ1n) is 10.0. The molecule has 1 unspecified atom stereocenters. The summed E-state index contributed by atoms with van der Waals surface area (Å²) in [4.78, 5) is 15.3. The lowest BCUT2D eigenvalue weighted by Gasteiger charge is -2.26. The number of anilines is 1. The number of hydrogen-bond acceptors (Lipinski definition) is 4. The average molecular weight is 415 g/mol. The van der Waals surface area contributed by atoms with Crippen LogP contribution in [0.1, 0.15) is 42.1 Å². The van der Waals surface area contributed by atoms with Crippen molar-refractivity contribution in [3.8, 4) is 5.75 Å². The van der Waals surface area contributed by atoms with Crippen LogP contribution in [0.15, 0.2) is 47.4 Å². The molecule has 1 saturated heterocycles. The van der Waals surface area contributed by atoms with E-state index in [0.29, 0.717) is 35.7 Å². The number of fused-ring (bicyclic) bond motifs is 1. The number of carbonyl (C=O) groups is 1. The summed E-state index contributed by atoms with van der Waals surface area (Å²) in [5.41, 5.74) is 2.16. The van der Waals surface area contributed by atoms with Crippen LogP contribution in [0.4, 0.5) is 5.69 Å². The van der Waals surface area contributed by atoms with Crippen molar-refractivity contribution in [1.82, 2.24) is 4.31 Å². The molecule has 6 nitrogen and oxygen atoms in total. The number of benzene rings is 2. The van der Waals surface area contributed by atoms with Gasteiger partial charge in [-0.15, -0.1) is 0 Å². The number of rotatable bonds is 4. The minimum Gasteiger partial charge on any atom is -0.496 e. The van der Waals surface area contributed by atoms with Crippen LogP contribution in [0, 0.1) is 0 Å². The molecule has 1 amide bonds. The Kier molecular flexibility index (Phi) is 5.36. The Bertz CT molecular complexity index is 1030. The fourth-order valence-corrected chi connectivity index (χ4v) is 5.85. The zero-order valence-corrected chi connectivity index (χ0v) is 17.6. The minimum absolute atomic E-state index is 0.0599. The lowest BCUT2D eigenvalue weighted by molar-refractivity contribution is 0.0978. The standard InChI is InChI=1S/C22H26N2O4S/c1-16-14-17-15-18(29(26,27)23-12-6-3-7-13-23)10-11-20(17)24(16)22(25)19-8-4-5-9-21(19)28-2/h4-5,8-11,15-16H,3,6-7,12-14H2,1-2H3. The van der Waals surface area contributed by atoms with Crippen LogP contribution in [0.3, 0.4) is 0 Å². The van der Waals surface area contributed by atoms with Crippen molar-refractivity contribution in [3.05, 3.63) is 53.6 Å². The number of sulfonamides is 1. The highest BCUT2D eigenvalue weighted by Crippen LogP contribution is 2.36. The summed E-state index contributed by atoms with van der Waals surface area (Å²) < 4.78 is 33.0. The van der Waals surface area contributed by atoms with Crippen molar-refractivity contribution in [1.29, 1.82) is 0 Å². The largest absolute Gasteiger partial charge is 0.496 e. The van der Waals surface area contributed by atoms with E-state index in [1.165, 1.54) is 0 Å². The SMILES string of the molecule is COc1ccccc1C(=O)N1c2ccc(S(=O)(=O)N3CCCCC3)cc2CC1C. The summed E-state index contributed by atoms with van der Waals surface area (Å²) in [6, 6.07) is 12.2. The molecule has 0 saturated carbocycles. The molecule has 2 aromatic carbocycles. The number of carbonyl (C=O) groups excluding carboxylic acids is 1. The van der Waals surface area contributed by atoms with E-state index in [2.05, 4.69) is 0 Å². The number of methoxy groups -OCH3 is 1. The summed E-state index contributed by atoms with van der Waals surface area (Å²) in [5.74, 6) is 0.391. The molecule has 2 aromatic rings. The minimum atomic E-state index is -3.49. The molecular weight excluding hydrogens is 388 g/mol. The highest BCUT2D eigenvalue weighted by Gasteiger charge is 2.34. The van der Waals surface area contributed by atoms with Gasteiger partial charge in [0.25, 0.3) is 5.91 Å². The molecule has 1 atom stereocenters. The van der Waals surface area contributed by atoms with Gasteiger partial charge in [-0.1, -0.05) is 18.6 Å². The van der Waals surface area contributed by atoms with Crippen molar-refractivity contribution in [3.63, 3.8) is 0 Å². The van der Waals surface area contributed by atoms with Gasteiger partial charge in [0, 0.05) is 24.8 Å². The topological polar surface area (TPSA) is 66.9 Å². The van der Waals surface area contributed by atoms with Crippen LogP contribution >= 0.6 is 0 Å². The smallest absolute Gasteiger partial charge is 0.262 e. The molecule has 7 heteroatoms. The number of ether oxygens (including phenoxy) is 1. The lowest BCUT2D eigenvalue weighted by Crippen LogP contribution is -2.36. The van der Waals surface area contributed by atoms with E-state index < -0.39 is 10.0 Å². The van der Waals surface area contributed by atoms with E-state index in [9.17, 15) is 13.2 Å². The van der Waals surface area contributed by atoms with Gasteiger partial charge in [0.15, 0.2) is 0 Å². The van der Waals surface area contributed by atoms with Crippen molar-refractivity contribution >= 4 is 21.6 Å². The average Bonchev–Trinajstić information content (AvgIpc) is 3.08. The molecule has 0 aromatic heterocycles. The Balaban J connectivity index is 1.67. The maximum atomic E-state index is 13.2. The van der Waals surface area contributed by atoms with Gasteiger partial charge in [0.2, 0.25) is 10.0 Å². The molecule has 4 rings (SSSR count). The molecule has 0 bridgehead atoms. The van der Waals surface area contributed by atoms with E-state index in [-0.39, 0.29) is 11.9 Å². The molecule has 29 heavy (non-hydrogen) atoms. The Morgan fingerprint density at radius 3 is 2.52 bits per heavy atom. The predicted octanol–water partition coefficient (Wildman–Crippen LogP) is 3.46. The summed E-state index contributed by atoms with van der Waals surface area (Å²) in [6.45, 7) is 3.13. The van der Waals surface area contributed by atoms with E-state index in [0.717, 1.165) is 30.5 Å². The highest BCUT2D eigenvalue weighted by molar-refractivity contribution is 7.89. The van der Waals surface area contributed by atoms with Crippen LogP contribution in [0.25, 0.3) is 0 Å². The van der Waals surface area contributed by atoms with E-state index in [1.54, 1.807) is 46.6 Å². The van der Waals surface area contributed by atoms with Crippen molar-refractivity contribution in [2.75, 3.05) is 25.1 Å². The second-order valence-corrected chi connectivity index (χ2v) is 9.62. The van der Waals surface area contributed by atoms with Gasteiger partial charge in [-0.05, 0) is 62.1 Å². The second kappa shape index (κ2) is 7.80. The fraction of sp³-hybridized carbons (Fsp3) is 0.409. The van der Waals surface area contributed by atoms with Gasteiger partial charge in [0.05, 0.1) is 17.6 Å². The summed E-state index contributed by atoms with van der Waals surface area (Å²) >= 11 is 0. The molecule has 2 aliphatic heterocycles. The molecule has 1 fully saturated rings. The molecular formula is C22H26N2O4S. The van der Waals surface area contributed by atoms with Crippen LogP contribution < -0.4 is 9.64 Å². The van der Waals surface area contributed by atoms with Crippen LogP contribution in [-0.4, -0.2) is 44.9 Å². The number of amides is 1.